The Bertz CT molecular complexity index is 657. The van der Waals surface area contributed by atoms with Gasteiger partial charge in [-0.15, -0.1) is 0 Å². The first kappa shape index (κ1) is 8.17. The quantitative estimate of drug-likeness (QED) is 0.598. The number of fused-ring (bicyclic) bond motifs is 3. The topological polar surface area (TPSA) is 45.8 Å². The van der Waals surface area contributed by atoms with Gasteiger partial charge in [-0.25, -0.2) is 0 Å². The number of nitrogens with one attached hydrogen (secondary N) is 1. The zero-order chi connectivity index (χ0) is 10.3. The highest BCUT2D eigenvalue weighted by Gasteiger charge is 2.05. The lowest BCUT2D eigenvalue weighted by Gasteiger charge is -1.98. The number of hydrogen-bond donors (Lipinski definition) is 1. The van der Waals surface area contributed by atoms with Crippen LogP contribution in [0.25, 0.3) is 22.0 Å². The van der Waals surface area contributed by atoms with Crippen molar-refractivity contribution in [2.45, 2.75) is 0 Å². The van der Waals surface area contributed by atoms with Crippen LogP contribution in [0.3, 0.4) is 0 Å². The van der Waals surface area contributed by atoms with Gasteiger partial charge in [0.25, 0.3) is 0 Å². The fourth-order valence-electron chi connectivity index (χ4n) is 1.80. The molecule has 0 bridgehead atoms. The van der Waals surface area contributed by atoms with Crippen molar-refractivity contribution in [2.24, 2.45) is 0 Å². The maximum Gasteiger partial charge on any atom is 0.179 e. The average molecular weight is 196 g/mol. The minimum Gasteiger partial charge on any atom is -0.290 e. The van der Waals surface area contributed by atoms with Gasteiger partial charge in [-0.1, -0.05) is 18.2 Å². The molecule has 3 nitrogen and oxygen atoms in total. The third-order valence-electron chi connectivity index (χ3n) is 2.51. The highest BCUT2D eigenvalue weighted by molar-refractivity contribution is 5.93. The summed E-state index contributed by atoms with van der Waals surface area (Å²) >= 11 is 0. The Morgan fingerprint density at radius 2 is 2.07 bits per heavy atom. The molecule has 72 valence electrons. The summed E-state index contributed by atoms with van der Waals surface area (Å²) in [5.41, 5.74) is 2.95. The lowest BCUT2D eigenvalue weighted by atomic mass is 10.1. The summed E-state index contributed by atoms with van der Waals surface area (Å²) in [7, 11) is 0. The molecule has 0 aliphatic heterocycles. The SMILES string of the molecule is O=c1ccc2c3[nH]ncc3cccc-2c1. The van der Waals surface area contributed by atoms with Crippen LogP contribution in [0.1, 0.15) is 0 Å². The van der Waals surface area contributed by atoms with Crippen LogP contribution >= 0.6 is 0 Å². The summed E-state index contributed by atoms with van der Waals surface area (Å²) in [4.78, 5) is 11.2. The summed E-state index contributed by atoms with van der Waals surface area (Å²) in [6, 6.07) is 10.9. The van der Waals surface area contributed by atoms with Crippen molar-refractivity contribution in [3.05, 3.63) is 52.8 Å². The van der Waals surface area contributed by atoms with Crippen LogP contribution in [0.15, 0.2) is 47.4 Å². The molecule has 1 aromatic heterocycles. The molecular weight excluding hydrogens is 188 g/mol. The molecule has 0 radical (unpaired) electrons. The Balaban J connectivity index is 2.57. The van der Waals surface area contributed by atoms with Crippen LogP contribution in [-0.2, 0) is 0 Å². The van der Waals surface area contributed by atoms with Crippen molar-refractivity contribution in [3.63, 3.8) is 0 Å². The summed E-state index contributed by atoms with van der Waals surface area (Å²) in [6.07, 6.45) is 1.78. The molecular formula is C12H8N2O. The smallest absolute Gasteiger partial charge is 0.179 e. The second kappa shape index (κ2) is 2.92. The van der Waals surface area contributed by atoms with Gasteiger partial charge in [0.1, 0.15) is 0 Å². The molecule has 3 rings (SSSR count). The largest absolute Gasteiger partial charge is 0.290 e. The van der Waals surface area contributed by atoms with Gasteiger partial charge in [0.05, 0.1) is 11.7 Å². The zero-order valence-corrected chi connectivity index (χ0v) is 7.90. The summed E-state index contributed by atoms with van der Waals surface area (Å²) < 4.78 is 0. The molecule has 0 saturated heterocycles. The second-order valence-corrected chi connectivity index (χ2v) is 3.48. The molecule has 3 heteroatoms. The molecule has 0 saturated carbocycles. The summed E-state index contributed by atoms with van der Waals surface area (Å²) in [5, 5.41) is 7.99. The van der Waals surface area contributed by atoms with Gasteiger partial charge in [-0.05, 0) is 23.8 Å². The van der Waals surface area contributed by atoms with Gasteiger partial charge >= 0.3 is 0 Å². The van der Waals surface area contributed by atoms with Crippen LogP contribution in [0.2, 0.25) is 0 Å². The zero-order valence-electron chi connectivity index (χ0n) is 7.90. The van der Waals surface area contributed by atoms with Crippen LogP contribution in [-0.4, -0.2) is 10.2 Å². The van der Waals surface area contributed by atoms with Crippen LogP contribution in [0.4, 0.5) is 0 Å². The van der Waals surface area contributed by atoms with E-state index >= 15 is 0 Å². The number of nitrogens with zero attached hydrogens (tertiary/aromatic N) is 1. The fourth-order valence-corrected chi connectivity index (χ4v) is 1.80. The Kier molecular flexibility index (Phi) is 1.59. The molecule has 0 aromatic carbocycles. The van der Waals surface area contributed by atoms with E-state index in [4.69, 9.17) is 0 Å². The predicted molar refractivity (Wildman–Crippen MR) is 59.0 cm³/mol. The third-order valence-corrected chi connectivity index (χ3v) is 2.51. The highest BCUT2D eigenvalue weighted by atomic mass is 16.1. The highest BCUT2D eigenvalue weighted by Crippen LogP contribution is 2.25. The van der Waals surface area contributed by atoms with Gasteiger partial charge in [-0.3, -0.25) is 9.89 Å². The molecule has 0 unspecified atom stereocenters. The number of aromatic nitrogens is 2. The third kappa shape index (κ3) is 1.21. The van der Waals surface area contributed by atoms with Gasteiger partial charge in [0, 0.05) is 10.9 Å². The van der Waals surface area contributed by atoms with Crippen molar-refractivity contribution in [3.8, 4) is 11.1 Å². The molecule has 0 fully saturated rings. The van der Waals surface area contributed by atoms with Crippen molar-refractivity contribution in [1.82, 2.24) is 10.2 Å². The second-order valence-electron chi connectivity index (χ2n) is 3.48. The van der Waals surface area contributed by atoms with Gasteiger partial charge < -0.3 is 0 Å². The fraction of sp³-hybridized carbons (Fsp3) is 0. The van der Waals surface area contributed by atoms with Crippen LogP contribution in [0, 0.1) is 0 Å². The Labute approximate surface area is 85.7 Å². The Hall–Kier alpha value is -2.16. The minimum absolute atomic E-state index is 0.0290. The van der Waals surface area contributed by atoms with E-state index in [0.717, 1.165) is 22.0 Å². The molecule has 1 heterocycles. The van der Waals surface area contributed by atoms with Crippen LogP contribution in [0.5, 0.6) is 0 Å². The molecule has 1 N–H and O–H groups in total. The number of hydrogen-bond acceptors (Lipinski definition) is 2. The number of H-pyrrole nitrogens is 1. The van der Waals surface area contributed by atoms with Crippen molar-refractivity contribution in [1.29, 1.82) is 0 Å². The van der Waals surface area contributed by atoms with Gasteiger partial charge in [0.15, 0.2) is 5.43 Å². The first-order valence-electron chi connectivity index (χ1n) is 4.71. The lowest BCUT2D eigenvalue weighted by Crippen LogP contribution is -1.96. The van der Waals surface area contributed by atoms with E-state index in [1.165, 1.54) is 0 Å². The van der Waals surface area contributed by atoms with E-state index in [1.807, 2.05) is 24.3 Å². The number of aromatic amines is 1. The van der Waals surface area contributed by atoms with E-state index in [1.54, 1.807) is 18.3 Å². The molecule has 1 aromatic rings. The summed E-state index contributed by atoms with van der Waals surface area (Å²) in [6.45, 7) is 0. The Morgan fingerprint density at radius 1 is 1.13 bits per heavy atom. The normalized spacial score (nSPS) is 10.9. The van der Waals surface area contributed by atoms with E-state index in [0.29, 0.717) is 0 Å². The predicted octanol–water partition coefficient (Wildman–Crippen LogP) is 2.03. The molecule has 0 atom stereocenters. The first-order chi connectivity index (χ1) is 7.34. The maximum absolute atomic E-state index is 11.2. The Morgan fingerprint density at radius 3 is 3.00 bits per heavy atom. The maximum atomic E-state index is 11.2. The van der Waals surface area contributed by atoms with Crippen LogP contribution < -0.4 is 5.43 Å². The molecule has 0 amide bonds. The number of benzene rings is 1. The van der Waals surface area contributed by atoms with E-state index in [-0.39, 0.29) is 5.43 Å². The summed E-state index contributed by atoms with van der Waals surface area (Å²) in [5.74, 6) is 0. The lowest BCUT2D eigenvalue weighted by molar-refractivity contribution is 1.12. The van der Waals surface area contributed by atoms with Crippen molar-refractivity contribution >= 4 is 10.9 Å². The van der Waals surface area contributed by atoms with Gasteiger partial charge in [-0.2, -0.15) is 5.10 Å². The van der Waals surface area contributed by atoms with E-state index in [2.05, 4.69) is 10.2 Å². The van der Waals surface area contributed by atoms with E-state index < -0.39 is 0 Å². The average Bonchev–Trinajstić information content (AvgIpc) is 2.61. The first-order valence-corrected chi connectivity index (χ1v) is 4.71. The number of rotatable bonds is 0. The standard InChI is InChI=1S/C12H8N2O/c15-10-4-5-11-8(6-10)2-1-3-9-7-13-14-12(9)11/h1-7,14H. The molecule has 15 heavy (non-hydrogen) atoms. The monoisotopic (exact) mass is 196 g/mol. The van der Waals surface area contributed by atoms with Gasteiger partial charge in [0.2, 0.25) is 0 Å². The minimum atomic E-state index is 0.0290. The van der Waals surface area contributed by atoms with Crippen molar-refractivity contribution in [2.75, 3.05) is 0 Å². The molecule has 2 aliphatic carbocycles. The molecule has 0 spiro atoms. The van der Waals surface area contributed by atoms with Crippen molar-refractivity contribution < 1.29 is 0 Å². The van der Waals surface area contributed by atoms with E-state index in [9.17, 15) is 4.79 Å². The molecule has 2 aliphatic rings.